The van der Waals surface area contributed by atoms with Crippen molar-refractivity contribution in [2.75, 3.05) is 12.5 Å². The quantitative estimate of drug-likeness (QED) is 0.475. The van der Waals surface area contributed by atoms with Crippen molar-refractivity contribution in [2.24, 2.45) is 5.84 Å². The SMILES string of the molecule is COCc1nc(NN)cc(SC2CCCC2)n1. The second-order valence-electron chi connectivity index (χ2n) is 4.11. The summed E-state index contributed by atoms with van der Waals surface area (Å²) < 4.78 is 5.05. The molecular formula is C11H18N4OS. The summed E-state index contributed by atoms with van der Waals surface area (Å²) in [4.78, 5) is 8.70. The molecule has 1 aliphatic carbocycles. The molecule has 0 amide bonds. The Balaban J connectivity index is 2.10. The summed E-state index contributed by atoms with van der Waals surface area (Å²) in [7, 11) is 1.63. The number of nitrogens with zero attached hydrogens (tertiary/aromatic N) is 2. The van der Waals surface area contributed by atoms with Gasteiger partial charge in [-0.1, -0.05) is 12.8 Å². The summed E-state index contributed by atoms with van der Waals surface area (Å²) in [6.45, 7) is 0.410. The van der Waals surface area contributed by atoms with Crippen LogP contribution in [-0.4, -0.2) is 22.3 Å². The maximum absolute atomic E-state index is 5.40. The number of ether oxygens (including phenoxy) is 1. The van der Waals surface area contributed by atoms with Crippen molar-refractivity contribution in [3.05, 3.63) is 11.9 Å². The number of anilines is 1. The van der Waals surface area contributed by atoms with Crippen LogP contribution in [0.5, 0.6) is 0 Å². The van der Waals surface area contributed by atoms with Gasteiger partial charge in [0.1, 0.15) is 17.5 Å². The van der Waals surface area contributed by atoms with E-state index in [2.05, 4.69) is 15.4 Å². The van der Waals surface area contributed by atoms with Crippen LogP contribution in [0, 0.1) is 0 Å². The molecule has 1 aromatic heterocycles. The van der Waals surface area contributed by atoms with Crippen LogP contribution in [0.3, 0.4) is 0 Å². The highest BCUT2D eigenvalue weighted by molar-refractivity contribution is 7.99. The molecule has 6 heteroatoms. The Labute approximate surface area is 106 Å². The molecule has 0 aliphatic heterocycles. The number of thioether (sulfide) groups is 1. The summed E-state index contributed by atoms with van der Waals surface area (Å²) in [6, 6.07) is 1.89. The lowest BCUT2D eigenvalue weighted by Crippen LogP contribution is -2.11. The molecule has 0 radical (unpaired) electrons. The minimum Gasteiger partial charge on any atom is -0.377 e. The summed E-state index contributed by atoms with van der Waals surface area (Å²) in [5.74, 6) is 6.72. The lowest BCUT2D eigenvalue weighted by atomic mass is 10.4. The van der Waals surface area contributed by atoms with Crippen molar-refractivity contribution in [1.29, 1.82) is 0 Å². The Hall–Kier alpha value is -0.850. The van der Waals surface area contributed by atoms with Gasteiger partial charge in [-0.15, -0.1) is 11.8 Å². The molecule has 94 valence electrons. The molecule has 0 spiro atoms. The first kappa shape index (κ1) is 12.6. The Morgan fingerprint density at radius 2 is 2.24 bits per heavy atom. The number of hydrogen-bond donors (Lipinski definition) is 2. The van der Waals surface area contributed by atoms with Gasteiger partial charge in [0.2, 0.25) is 0 Å². The van der Waals surface area contributed by atoms with Gasteiger partial charge < -0.3 is 10.2 Å². The van der Waals surface area contributed by atoms with E-state index in [0.29, 0.717) is 23.5 Å². The van der Waals surface area contributed by atoms with Crippen molar-refractivity contribution in [3.8, 4) is 0 Å². The first-order valence-electron chi connectivity index (χ1n) is 5.82. The largest absolute Gasteiger partial charge is 0.377 e. The molecule has 1 fully saturated rings. The molecule has 1 heterocycles. The summed E-state index contributed by atoms with van der Waals surface area (Å²) >= 11 is 1.82. The molecule has 3 N–H and O–H groups in total. The van der Waals surface area contributed by atoms with Crippen LogP contribution in [0.25, 0.3) is 0 Å². The van der Waals surface area contributed by atoms with Crippen molar-refractivity contribution < 1.29 is 4.74 Å². The number of nitrogens with one attached hydrogen (secondary N) is 1. The molecular weight excluding hydrogens is 236 g/mol. The average molecular weight is 254 g/mol. The molecule has 1 aromatic rings. The van der Waals surface area contributed by atoms with Gasteiger partial charge in [-0.25, -0.2) is 15.8 Å². The molecule has 17 heavy (non-hydrogen) atoms. The Morgan fingerprint density at radius 1 is 1.47 bits per heavy atom. The van der Waals surface area contributed by atoms with Crippen molar-refractivity contribution in [1.82, 2.24) is 9.97 Å². The van der Waals surface area contributed by atoms with E-state index in [4.69, 9.17) is 10.6 Å². The number of rotatable bonds is 5. The standard InChI is InChI=1S/C11H18N4OS/c1-16-7-10-13-9(15-12)6-11(14-10)17-8-4-2-3-5-8/h6,8H,2-5,7,12H2,1H3,(H,13,14,15). The molecule has 5 nitrogen and oxygen atoms in total. The molecule has 0 atom stereocenters. The highest BCUT2D eigenvalue weighted by atomic mass is 32.2. The van der Waals surface area contributed by atoms with E-state index in [1.54, 1.807) is 7.11 Å². The van der Waals surface area contributed by atoms with Crippen LogP contribution in [0.2, 0.25) is 0 Å². The summed E-state index contributed by atoms with van der Waals surface area (Å²) in [5.41, 5.74) is 2.57. The lowest BCUT2D eigenvalue weighted by molar-refractivity contribution is 0.177. The lowest BCUT2D eigenvalue weighted by Gasteiger charge is -2.10. The van der Waals surface area contributed by atoms with Crippen molar-refractivity contribution in [2.45, 2.75) is 42.6 Å². The first-order chi connectivity index (χ1) is 8.31. The fraction of sp³-hybridized carbons (Fsp3) is 0.636. The number of aromatic nitrogens is 2. The monoisotopic (exact) mass is 254 g/mol. The second kappa shape index (κ2) is 6.18. The highest BCUT2D eigenvalue weighted by Gasteiger charge is 2.17. The van der Waals surface area contributed by atoms with E-state index in [1.165, 1.54) is 25.7 Å². The minimum atomic E-state index is 0.410. The predicted octanol–water partition coefficient (Wildman–Crippen LogP) is 1.94. The smallest absolute Gasteiger partial charge is 0.157 e. The van der Waals surface area contributed by atoms with E-state index >= 15 is 0 Å². The minimum absolute atomic E-state index is 0.410. The topological polar surface area (TPSA) is 73.1 Å². The van der Waals surface area contributed by atoms with E-state index in [-0.39, 0.29) is 0 Å². The molecule has 1 saturated carbocycles. The van der Waals surface area contributed by atoms with Gasteiger partial charge in [0.05, 0.1) is 0 Å². The number of nitrogens with two attached hydrogens (primary N) is 1. The maximum Gasteiger partial charge on any atom is 0.157 e. The Bertz CT molecular complexity index is 368. The predicted molar refractivity (Wildman–Crippen MR) is 68.7 cm³/mol. The zero-order valence-corrected chi connectivity index (χ0v) is 10.8. The molecule has 0 bridgehead atoms. The van der Waals surface area contributed by atoms with Gasteiger partial charge >= 0.3 is 0 Å². The molecule has 0 unspecified atom stereocenters. The van der Waals surface area contributed by atoms with E-state index in [0.717, 1.165) is 5.03 Å². The molecule has 0 saturated heterocycles. The number of hydrazine groups is 1. The third-order valence-corrected chi connectivity index (χ3v) is 4.02. The fourth-order valence-corrected chi connectivity index (χ4v) is 3.23. The maximum atomic E-state index is 5.40. The van der Waals surface area contributed by atoms with Gasteiger partial charge in [0.15, 0.2) is 5.82 Å². The zero-order chi connectivity index (χ0) is 12.1. The fourth-order valence-electron chi connectivity index (χ4n) is 1.98. The van der Waals surface area contributed by atoms with Crippen LogP contribution in [-0.2, 0) is 11.3 Å². The molecule has 1 aliphatic rings. The zero-order valence-electron chi connectivity index (χ0n) is 9.98. The first-order valence-corrected chi connectivity index (χ1v) is 6.70. The summed E-state index contributed by atoms with van der Waals surface area (Å²) in [6.07, 6.45) is 5.21. The van der Waals surface area contributed by atoms with Crippen LogP contribution < -0.4 is 11.3 Å². The van der Waals surface area contributed by atoms with Gasteiger partial charge in [0, 0.05) is 18.4 Å². The van der Waals surface area contributed by atoms with Crippen LogP contribution in [0.1, 0.15) is 31.5 Å². The van der Waals surface area contributed by atoms with Crippen LogP contribution >= 0.6 is 11.8 Å². The van der Waals surface area contributed by atoms with E-state index in [1.807, 2.05) is 17.8 Å². The number of methoxy groups -OCH3 is 1. The summed E-state index contributed by atoms with van der Waals surface area (Å²) in [5, 5.41) is 1.66. The average Bonchev–Trinajstić information content (AvgIpc) is 2.82. The third-order valence-electron chi connectivity index (χ3n) is 2.76. The highest BCUT2D eigenvalue weighted by Crippen LogP contribution is 2.34. The Morgan fingerprint density at radius 3 is 2.88 bits per heavy atom. The van der Waals surface area contributed by atoms with E-state index < -0.39 is 0 Å². The number of nitrogen functional groups attached to an aromatic ring is 1. The van der Waals surface area contributed by atoms with Crippen LogP contribution in [0.4, 0.5) is 5.82 Å². The van der Waals surface area contributed by atoms with Gasteiger partial charge in [-0.3, -0.25) is 0 Å². The van der Waals surface area contributed by atoms with E-state index in [9.17, 15) is 0 Å². The van der Waals surface area contributed by atoms with Crippen LogP contribution in [0.15, 0.2) is 11.1 Å². The van der Waals surface area contributed by atoms with Crippen molar-refractivity contribution in [3.63, 3.8) is 0 Å². The van der Waals surface area contributed by atoms with Gasteiger partial charge in [-0.2, -0.15) is 0 Å². The third kappa shape index (κ3) is 3.55. The number of hydrogen-bond acceptors (Lipinski definition) is 6. The van der Waals surface area contributed by atoms with Gasteiger partial charge in [0.25, 0.3) is 0 Å². The second-order valence-corrected chi connectivity index (χ2v) is 5.43. The van der Waals surface area contributed by atoms with Crippen molar-refractivity contribution >= 4 is 17.6 Å². The molecule has 0 aromatic carbocycles. The normalized spacial score (nSPS) is 16.4. The molecule has 2 rings (SSSR count). The Kier molecular flexibility index (Phi) is 4.58. The van der Waals surface area contributed by atoms with Gasteiger partial charge in [-0.05, 0) is 12.8 Å².